The van der Waals surface area contributed by atoms with Gasteiger partial charge in [-0.05, 0) is 75.0 Å². The summed E-state index contributed by atoms with van der Waals surface area (Å²) in [6.07, 6.45) is 19.4. The first kappa shape index (κ1) is 15.8. The Balaban J connectivity index is 1.33. The van der Waals surface area contributed by atoms with Crippen LogP contribution in [0.3, 0.4) is 0 Å². The molecule has 0 aromatic carbocycles. The predicted octanol–water partition coefficient (Wildman–Crippen LogP) is 5.97. The molecular weight excluding hydrogens is 256 g/mol. The molecule has 0 heterocycles. The Hall–Kier alpha value is -0.0400. The Bertz CT molecular complexity index is 278. The van der Waals surface area contributed by atoms with E-state index in [2.05, 4.69) is 6.92 Å². The molecule has 3 fully saturated rings. The van der Waals surface area contributed by atoms with Gasteiger partial charge in [-0.3, -0.25) is 0 Å². The zero-order valence-electron chi connectivity index (χ0n) is 14.2. The van der Waals surface area contributed by atoms with E-state index in [9.17, 15) is 0 Å². The van der Waals surface area contributed by atoms with E-state index in [1.807, 2.05) is 0 Å². The van der Waals surface area contributed by atoms with Gasteiger partial charge >= 0.3 is 0 Å². The van der Waals surface area contributed by atoms with Crippen molar-refractivity contribution in [2.45, 2.75) is 96.5 Å². The zero-order valence-corrected chi connectivity index (χ0v) is 14.2. The van der Waals surface area contributed by atoms with Gasteiger partial charge in [0.05, 0.1) is 6.10 Å². The molecule has 0 aromatic heterocycles. The van der Waals surface area contributed by atoms with E-state index in [0.717, 1.165) is 30.3 Å². The van der Waals surface area contributed by atoms with Crippen LogP contribution in [0, 0.1) is 23.7 Å². The molecule has 122 valence electrons. The second-order valence-electron chi connectivity index (χ2n) is 8.39. The first-order valence-corrected chi connectivity index (χ1v) is 9.93. The fourth-order valence-electron chi connectivity index (χ4n) is 5.11. The largest absolute Gasteiger partial charge is 0.378 e. The SMILES string of the molecule is CC1CCC(C2CCC(OCC3CCCCC3)CC2)CC1. The maximum Gasteiger partial charge on any atom is 0.0575 e. The Morgan fingerprint density at radius 3 is 1.86 bits per heavy atom. The molecule has 0 unspecified atom stereocenters. The standard InChI is InChI=1S/C20H36O/c1-16-7-9-18(10-8-16)19-11-13-20(14-12-19)21-15-17-5-3-2-4-6-17/h16-20H,2-15H2,1H3. The van der Waals surface area contributed by atoms with Gasteiger partial charge in [-0.25, -0.2) is 0 Å². The summed E-state index contributed by atoms with van der Waals surface area (Å²) < 4.78 is 6.28. The lowest BCUT2D eigenvalue weighted by Crippen LogP contribution is -2.29. The van der Waals surface area contributed by atoms with Crippen molar-refractivity contribution < 1.29 is 4.74 Å². The van der Waals surface area contributed by atoms with Crippen molar-refractivity contribution in [3.63, 3.8) is 0 Å². The highest BCUT2D eigenvalue weighted by Gasteiger charge is 2.30. The number of hydrogen-bond donors (Lipinski definition) is 0. The summed E-state index contributed by atoms with van der Waals surface area (Å²) in [5.41, 5.74) is 0. The Kier molecular flexibility index (Phi) is 6.03. The molecule has 0 aliphatic heterocycles. The lowest BCUT2D eigenvalue weighted by Gasteiger charge is -2.37. The van der Waals surface area contributed by atoms with Crippen molar-refractivity contribution in [3.8, 4) is 0 Å². The molecule has 0 aromatic rings. The number of hydrogen-bond acceptors (Lipinski definition) is 1. The molecule has 1 nitrogen and oxygen atoms in total. The van der Waals surface area contributed by atoms with Crippen molar-refractivity contribution in [2.24, 2.45) is 23.7 Å². The fourth-order valence-corrected chi connectivity index (χ4v) is 5.11. The molecule has 3 saturated carbocycles. The van der Waals surface area contributed by atoms with E-state index in [-0.39, 0.29) is 0 Å². The van der Waals surface area contributed by atoms with Crippen LogP contribution < -0.4 is 0 Å². The van der Waals surface area contributed by atoms with Gasteiger partial charge in [0.2, 0.25) is 0 Å². The monoisotopic (exact) mass is 292 g/mol. The minimum absolute atomic E-state index is 0.602. The maximum absolute atomic E-state index is 6.28. The van der Waals surface area contributed by atoms with Crippen LogP contribution in [0.25, 0.3) is 0 Å². The van der Waals surface area contributed by atoms with Crippen LogP contribution in [-0.4, -0.2) is 12.7 Å². The van der Waals surface area contributed by atoms with Gasteiger partial charge in [-0.15, -0.1) is 0 Å². The summed E-state index contributed by atoms with van der Waals surface area (Å²) in [4.78, 5) is 0. The van der Waals surface area contributed by atoms with Crippen LogP contribution in [0.5, 0.6) is 0 Å². The quantitative estimate of drug-likeness (QED) is 0.620. The van der Waals surface area contributed by atoms with Gasteiger partial charge in [0.15, 0.2) is 0 Å². The van der Waals surface area contributed by atoms with E-state index >= 15 is 0 Å². The van der Waals surface area contributed by atoms with Crippen LogP contribution in [-0.2, 0) is 4.74 Å². The summed E-state index contributed by atoms with van der Waals surface area (Å²) in [5, 5.41) is 0. The van der Waals surface area contributed by atoms with Crippen molar-refractivity contribution in [2.75, 3.05) is 6.61 Å². The Labute approximate surface area is 132 Å². The molecular formula is C20H36O. The topological polar surface area (TPSA) is 9.23 Å². The van der Waals surface area contributed by atoms with E-state index < -0.39 is 0 Å². The number of ether oxygens (including phenoxy) is 1. The molecule has 0 saturated heterocycles. The molecule has 1 heteroatoms. The van der Waals surface area contributed by atoms with E-state index in [1.54, 1.807) is 0 Å². The highest BCUT2D eigenvalue weighted by Crippen LogP contribution is 2.40. The van der Waals surface area contributed by atoms with Gasteiger partial charge < -0.3 is 4.74 Å². The molecule has 0 atom stereocenters. The molecule has 0 amide bonds. The lowest BCUT2D eigenvalue weighted by atomic mass is 9.71. The van der Waals surface area contributed by atoms with Crippen LogP contribution in [0.15, 0.2) is 0 Å². The van der Waals surface area contributed by atoms with E-state index in [1.165, 1.54) is 83.5 Å². The van der Waals surface area contributed by atoms with Gasteiger partial charge in [-0.2, -0.15) is 0 Å². The second kappa shape index (κ2) is 7.99. The third-order valence-electron chi connectivity index (χ3n) is 6.74. The average molecular weight is 293 g/mol. The highest BCUT2D eigenvalue weighted by molar-refractivity contribution is 4.81. The highest BCUT2D eigenvalue weighted by atomic mass is 16.5. The summed E-state index contributed by atoms with van der Waals surface area (Å²) >= 11 is 0. The maximum atomic E-state index is 6.28. The minimum atomic E-state index is 0.602. The first-order valence-electron chi connectivity index (χ1n) is 9.93. The number of rotatable bonds is 4. The van der Waals surface area contributed by atoms with Crippen molar-refractivity contribution >= 4 is 0 Å². The summed E-state index contributed by atoms with van der Waals surface area (Å²) in [7, 11) is 0. The predicted molar refractivity (Wildman–Crippen MR) is 89.4 cm³/mol. The van der Waals surface area contributed by atoms with E-state index in [0.29, 0.717) is 6.10 Å². The Morgan fingerprint density at radius 2 is 1.24 bits per heavy atom. The van der Waals surface area contributed by atoms with Gasteiger partial charge in [-0.1, -0.05) is 39.0 Å². The molecule has 21 heavy (non-hydrogen) atoms. The molecule has 0 N–H and O–H groups in total. The van der Waals surface area contributed by atoms with Gasteiger partial charge in [0, 0.05) is 6.61 Å². The zero-order chi connectivity index (χ0) is 14.5. The molecule has 0 bridgehead atoms. The molecule has 3 rings (SSSR count). The van der Waals surface area contributed by atoms with Crippen LogP contribution in [0.2, 0.25) is 0 Å². The second-order valence-corrected chi connectivity index (χ2v) is 8.39. The molecule has 3 aliphatic rings. The minimum Gasteiger partial charge on any atom is -0.378 e. The Morgan fingerprint density at radius 1 is 0.667 bits per heavy atom. The van der Waals surface area contributed by atoms with E-state index in [4.69, 9.17) is 4.74 Å². The molecule has 0 spiro atoms. The van der Waals surface area contributed by atoms with Crippen molar-refractivity contribution in [1.29, 1.82) is 0 Å². The van der Waals surface area contributed by atoms with Crippen molar-refractivity contribution in [3.05, 3.63) is 0 Å². The molecule has 0 radical (unpaired) electrons. The average Bonchev–Trinajstić information content (AvgIpc) is 2.55. The van der Waals surface area contributed by atoms with Gasteiger partial charge in [0.25, 0.3) is 0 Å². The first-order chi connectivity index (χ1) is 10.3. The molecule has 3 aliphatic carbocycles. The summed E-state index contributed by atoms with van der Waals surface area (Å²) in [6.45, 7) is 3.50. The van der Waals surface area contributed by atoms with Crippen molar-refractivity contribution in [1.82, 2.24) is 0 Å². The summed E-state index contributed by atoms with van der Waals surface area (Å²) in [5.74, 6) is 3.97. The van der Waals surface area contributed by atoms with Crippen LogP contribution in [0.1, 0.15) is 90.4 Å². The van der Waals surface area contributed by atoms with Gasteiger partial charge in [0.1, 0.15) is 0 Å². The normalized spacial score (nSPS) is 39.3. The summed E-state index contributed by atoms with van der Waals surface area (Å²) in [6, 6.07) is 0. The fraction of sp³-hybridized carbons (Fsp3) is 1.00. The lowest BCUT2D eigenvalue weighted by molar-refractivity contribution is -0.0144. The smallest absolute Gasteiger partial charge is 0.0575 e. The third-order valence-corrected chi connectivity index (χ3v) is 6.74. The third kappa shape index (κ3) is 4.71. The van der Waals surface area contributed by atoms with Crippen LogP contribution in [0.4, 0.5) is 0 Å². The van der Waals surface area contributed by atoms with Crippen LogP contribution >= 0.6 is 0 Å².